The number of amides is 2. The Bertz CT molecular complexity index is 1720. The zero-order chi connectivity index (χ0) is 32.6. The minimum absolute atomic E-state index is 0.0303. The summed E-state index contributed by atoms with van der Waals surface area (Å²) in [5.41, 5.74) is 1.45. The lowest BCUT2D eigenvalue weighted by Gasteiger charge is -2.34. The Morgan fingerprint density at radius 3 is 2.09 bits per heavy atom. The Kier molecular flexibility index (Phi) is 11.9. The van der Waals surface area contributed by atoms with E-state index in [1.54, 1.807) is 42.5 Å². The molecule has 0 aliphatic rings. The van der Waals surface area contributed by atoms with Crippen molar-refractivity contribution in [2.45, 2.75) is 50.2 Å². The number of hydrogen-bond acceptors (Lipinski definition) is 4. The number of rotatable bonds is 13. The van der Waals surface area contributed by atoms with Crippen molar-refractivity contribution in [1.29, 1.82) is 0 Å². The fourth-order valence-corrected chi connectivity index (χ4v) is 6.79. The van der Waals surface area contributed by atoms with Crippen molar-refractivity contribution < 1.29 is 18.0 Å². The molecule has 0 radical (unpaired) electrons. The van der Waals surface area contributed by atoms with Crippen LogP contribution in [0.5, 0.6) is 0 Å². The fourth-order valence-electron chi connectivity index (χ4n) is 4.72. The molecule has 0 fully saturated rings. The molecule has 0 unspecified atom stereocenters. The Morgan fingerprint density at radius 1 is 0.822 bits per heavy atom. The molecule has 2 amide bonds. The number of carbonyl (C=O) groups is 2. The molecule has 0 spiro atoms. The smallest absolute Gasteiger partial charge is 0.264 e. The van der Waals surface area contributed by atoms with E-state index in [4.69, 9.17) is 34.8 Å². The van der Waals surface area contributed by atoms with Crippen LogP contribution < -0.4 is 9.62 Å². The number of sulfonamides is 1. The summed E-state index contributed by atoms with van der Waals surface area (Å²) in [5, 5.41) is 3.73. The molecule has 0 aliphatic carbocycles. The standard InChI is InChI=1S/C34H34Cl3N3O4S/c1-3-24(2)38-34(42)32(20-25-12-6-4-7-13-25)39(22-26-14-10-11-17-29(26)36)33(41)23-40(31-21-27(35)18-19-30(31)37)45(43,44)28-15-8-5-9-16-28/h4-19,21,24,32H,3,20,22-23H2,1-2H3,(H,38,42)/t24-,32+/m1/s1. The number of nitrogens with one attached hydrogen (secondary N) is 1. The molecule has 0 bridgehead atoms. The third-order valence-corrected chi connectivity index (χ3v) is 10.1. The highest BCUT2D eigenvalue weighted by Gasteiger charge is 2.35. The zero-order valence-corrected chi connectivity index (χ0v) is 28.0. The highest BCUT2D eigenvalue weighted by atomic mass is 35.5. The Balaban J connectivity index is 1.84. The van der Waals surface area contributed by atoms with Crippen molar-refractivity contribution in [2.24, 2.45) is 0 Å². The van der Waals surface area contributed by atoms with Gasteiger partial charge in [-0.05, 0) is 60.9 Å². The Labute approximate surface area is 279 Å². The first-order chi connectivity index (χ1) is 21.5. The Hall–Kier alpha value is -3.56. The van der Waals surface area contributed by atoms with E-state index in [0.717, 1.165) is 9.87 Å². The molecule has 4 aromatic rings. The van der Waals surface area contributed by atoms with Crippen molar-refractivity contribution >= 4 is 62.3 Å². The summed E-state index contributed by atoms with van der Waals surface area (Å²) in [4.78, 5) is 29.8. The lowest BCUT2D eigenvalue weighted by atomic mass is 10.0. The molecule has 7 nitrogen and oxygen atoms in total. The van der Waals surface area contributed by atoms with E-state index in [0.29, 0.717) is 17.0 Å². The summed E-state index contributed by atoms with van der Waals surface area (Å²) in [6.45, 7) is 3.12. The molecule has 0 heterocycles. The second kappa shape index (κ2) is 15.6. The fraction of sp³-hybridized carbons (Fsp3) is 0.235. The van der Waals surface area contributed by atoms with Crippen LogP contribution in [0.15, 0.2) is 108 Å². The number of benzene rings is 4. The summed E-state index contributed by atoms with van der Waals surface area (Å²) < 4.78 is 29.1. The maximum Gasteiger partial charge on any atom is 0.264 e. The first kappa shape index (κ1) is 34.3. The van der Waals surface area contributed by atoms with Gasteiger partial charge < -0.3 is 10.2 Å². The van der Waals surface area contributed by atoms with Crippen molar-refractivity contribution in [1.82, 2.24) is 10.2 Å². The van der Waals surface area contributed by atoms with Crippen molar-refractivity contribution in [3.05, 3.63) is 129 Å². The highest BCUT2D eigenvalue weighted by Crippen LogP contribution is 2.33. The molecule has 0 saturated carbocycles. The summed E-state index contributed by atoms with van der Waals surface area (Å²) in [5.74, 6) is -1.00. The average Bonchev–Trinajstić information content (AvgIpc) is 3.04. The molecule has 0 aliphatic heterocycles. The van der Waals surface area contributed by atoms with Gasteiger partial charge in [0.25, 0.3) is 10.0 Å². The van der Waals surface area contributed by atoms with Crippen LogP contribution in [0, 0.1) is 0 Å². The largest absolute Gasteiger partial charge is 0.352 e. The van der Waals surface area contributed by atoms with Gasteiger partial charge in [0.15, 0.2) is 0 Å². The van der Waals surface area contributed by atoms with Crippen molar-refractivity contribution in [3.8, 4) is 0 Å². The maximum atomic E-state index is 14.5. The predicted molar refractivity (Wildman–Crippen MR) is 181 cm³/mol. The predicted octanol–water partition coefficient (Wildman–Crippen LogP) is 7.40. The molecule has 11 heteroatoms. The van der Waals surface area contributed by atoms with E-state index in [1.165, 1.54) is 35.2 Å². The topological polar surface area (TPSA) is 86.8 Å². The van der Waals surface area contributed by atoms with Crippen LogP contribution in [-0.2, 0) is 32.6 Å². The normalized spacial score (nSPS) is 12.6. The van der Waals surface area contributed by atoms with E-state index in [1.807, 2.05) is 44.2 Å². The number of anilines is 1. The number of halogens is 3. The van der Waals surface area contributed by atoms with Gasteiger partial charge in [-0.3, -0.25) is 13.9 Å². The van der Waals surface area contributed by atoms with Gasteiger partial charge in [-0.2, -0.15) is 0 Å². The second-order valence-electron chi connectivity index (χ2n) is 10.6. The number of nitrogens with zero attached hydrogens (tertiary/aromatic N) is 2. The first-order valence-electron chi connectivity index (χ1n) is 14.4. The number of carbonyl (C=O) groups excluding carboxylic acids is 2. The van der Waals surface area contributed by atoms with Crippen LogP contribution in [0.3, 0.4) is 0 Å². The minimum atomic E-state index is -4.31. The van der Waals surface area contributed by atoms with Crippen molar-refractivity contribution in [2.75, 3.05) is 10.8 Å². The lowest BCUT2D eigenvalue weighted by Crippen LogP contribution is -2.54. The van der Waals surface area contributed by atoms with Crippen LogP contribution in [0.4, 0.5) is 5.69 Å². The van der Waals surface area contributed by atoms with Crippen molar-refractivity contribution in [3.63, 3.8) is 0 Å². The molecule has 4 rings (SSSR count). The van der Waals surface area contributed by atoms with Gasteiger partial charge in [0.2, 0.25) is 11.8 Å². The van der Waals surface area contributed by atoms with Crippen LogP contribution in [0.25, 0.3) is 0 Å². The molecule has 0 aromatic heterocycles. The molecular formula is C34H34Cl3N3O4S. The summed E-state index contributed by atoms with van der Waals surface area (Å²) in [6, 6.07) is 27.3. The first-order valence-corrected chi connectivity index (χ1v) is 17.0. The molecule has 4 aromatic carbocycles. The van der Waals surface area contributed by atoms with E-state index in [2.05, 4.69) is 5.32 Å². The van der Waals surface area contributed by atoms with Gasteiger partial charge in [-0.25, -0.2) is 8.42 Å². The molecule has 1 N–H and O–H groups in total. The van der Waals surface area contributed by atoms with Gasteiger partial charge in [-0.15, -0.1) is 0 Å². The zero-order valence-electron chi connectivity index (χ0n) is 24.9. The van der Waals surface area contributed by atoms with Gasteiger partial charge in [0.05, 0.1) is 15.6 Å². The third-order valence-electron chi connectivity index (χ3n) is 7.36. The van der Waals surface area contributed by atoms with Crippen LogP contribution in [0.2, 0.25) is 15.1 Å². The van der Waals surface area contributed by atoms with Gasteiger partial charge >= 0.3 is 0 Å². The van der Waals surface area contributed by atoms with E-state index in [-0.39, 0.29) is 45.5 Å². The SMILES string of the molecule is CC[C@@H](C)NC(=O)[C@H](Cc1ccccc1)N(Cc1ccccc1Cl)C(=O)CN(c1cc(Cl)ccc1Cl)S(=O)(=O)c1ccccc1. The molecular weight excluding hydrogens is 653 g/mol. The van der Waals surface area contributed by atoms with Crippen LogP contribution in [0.1, 0.15) is 31.4 Å². The van der Waals surface area contributed by atoms with E-state index in [9.17, 15) is 18.0 Å². The molecule has 236 valence electrons. The van der Waals surface area contributed by atoms with Gasteiger partial charge in [0, 0.05) is 29.1 Å². The quantitative estimate of drug-likeness (QED) is 0.159. The molecule has 0 saturated heterocycles. The van der Waals surface area contributed by atoms with Crippen LogP contribution in [-0.4, -0.2) is 43.8 Å². The van der Waals surface area contributed by atoms with Gasteiger partial charge in [0.1, 0.15) is 12.6 Å². The minimum Gasteiger partial charge on any atom is -0.352 e. The molecule has 45 heavy (non-hydrogen) atoms. The van der Waals surface area contributed by atoms with E-state index < -0.39 is 28.5 Å². The molecule has 2 atom stereocenters. The number of hydrogen-bond donors (Lipinski definition) is 1. The summed E-state index contributed by atoms with van der Waals surface area (Å²) >= 11 is 19.3. The average molecular weight is 687 g/mol. The third kappa shape index (κ3) is 8.79. The highest BCUT2D eigenvalue weighted by molar-refractivity contribution is 7.92. The van der Waals surface area contributed by atoms with E-state index >= 15 is 0 Å². The monoisotopic (exact) mass is 685 g/mol. The second-order valence-corrected chi connectivity index (χ2v) is 13.7. The maximum absolute atomic E-state index is 14.5. The Morgan fingerprint density at radius 2 is 1.44 bits per heavy atom. The lowest BCUT2D eigenvalue weighted by molar-refractivity contribution is -0.140. The summed E-state index contributed by atoms with van der Waals surface area (Å²) in [6.07, 6.45) is 0.862. The van der Waals surface area contributed by atoms with Crippen LogP contribution >= 0.6 is 34.8 Å². The van der Waals surface area contributed by atoms with Gasteiger partial charge in [-0.1, -0.05) is 108 Å². The summed E-state index contributed by atoms with van der Waals surface area (Å²) in [7, 11) is -4.31.